The van der Waals surface area contributed by atoms with Crippen molar-refractivity contribution in [3.63, 3.8) is 0 Å². The van der Waals surface area contributed by atoms with E-state index in [9.17, 15) is 5.11 Å². The fourth-order valence-electron chi connectivity index (χ4n) is 2.71. The second-order valence-electron chi connectivity index (χ2n) is 7.42. The molecule has 3 rings (SSSR count). The Kier molecular flexibility index (Phi) is 5.85. The number of morpholine rings is 1. The summed E-state index contributed by atoms with van der Waals surface area (Å²) in [7, 11) is 0. The standard InChI is InChI=1S/C19H27N5O4/c1-12-9-15(28-13(12)2)17(23-20)14-10-16(27-11-19(3,4)25)22-18(21-14)24-5-7-26-8-6-24/h9-10,25H,5-8,11,20H2,1-4H3. The molecule has 0 amide bonds. The van der Waals surface area contributed by atoms with E-state index >= 15 is 0 Å². The van der Waals surface area contributed by atoms with Gasteiger partial charge in [-0.1, -0.05) is 0 Å². The maximum absolute atomic E-state index is 9.98. The van der Waals surface area contributed by atoms with Gasteiger partial charge in [0.25, 0.3) is 0 Å². The van der Waals surface area contributed by atoms with E-state index in [1.807, 2.05) is 24.8 Å². The number of hydrazone groups is 1. The number of aromatic nitrogens is 2. The van der Waals surface area contributed by atoms with Crippen molar-refractivity contribution in [1.29, 1.82) is 0 Å². The lowest BCUT2D eigenvalue weighted by molar-refractivity contribution is 0.0268. The molecular formula is C19H27N5O4. The van der Waals surface area contributed by atoms with Gasteiger partial charge >= 0.3 is 0 Å². The topological polar surface area (TPSA) is 119 Å². The summed E-state index contributed by atoms with van der Waals surface area (Å²) in [4.78, 5) is 11.1. The summed E-state index contributed by atoms with van der Waals surface area (Å²) >= 11 is 0. The predicted molar refractivity (Wildman–Crippen MR) is 105 cm³/mol. The second kappa shape index (κ2) is 8.15. The number of ether oxygens (including phenoxy) is 2. The summed E-state index contributed by atoms with van der Waals surface area (Å²) in [6.45, 7) is 9.78. The van der Waals surface area contributed by atoms with Crippen LogP contribution in [0.3, 0.4) is 0 Å². The van der Waals surface area contributed by atoms with Crippen molar-refractivity contribution >= 4 is 11.7 Å². The molecule has 1 aliphatic rings. The summed E-state index contributed by atoms with van der Waals surface area (Å²) in [6, 6.07) is 3.52. The Morgan fingerprint density at radius 1 is 1.29 bits per heavy atom. The van der Waals surface area contributed by atoms with Crippen LogP contribution in [0.1, 0.15) is 36.6 Å². The smallest absolute Gasteiger partial charge is 0.229 e. The average molecular weight is 389 g/mol. The van der Waals surface area contributed by atoms with Gasteiger partial charge in [-0.3, -0.25) is 0 Å². The minimum absolute atomic E-state index is 0.0834. The molecule has 0 aliphatic carbocycles. The van der Waals surface area contributed by atoms with Gasteiger partial charge in [-0.05, 0) is 39.3 Å². The third-order valence-corrected chi connectivity index (χ3v) is 4.33. The first-order valence-electron chi connectivity index (χ1n) is 9.19. The second-order valence-corrected chi connectivity index (χ2v) is 7.42. The molecule has 1 saturated heterocycles. The molecule has 3 N–H and O–H groups in total. The molecule has 0 radical (unpaired) electrons. The lowest BCUT2D eigenvalue weighted by Crippen LogP contribution is -2.37. The third-order valence-electron chi connectivity index (χ3n) is 4.33. The minimum Gasteiger partial charge on any atom is -0.474 e. The molecule has 0 aromatic carbocycles. The van der Waals surface area contributed by atoms with E-state index in [1.165, 1.54) is 0 Å². The zero-order valence-electron chi connectivity index (χ0n) is 16.7. The highest BCUT2D eigenvalue weighted by Crippen LogP contribution is 2.22. The zero-order chi connectivity index (χ0) is 20.3. The number of aryl methyl sites for hydroxylation is 2. The molecule has 0 saturated carbocycles. The summed E-state index contributed by atoms with van der Waals surface area (Å²) in [6.07, 6.45) is 0. The predicted octanol–water partition coefficient (Wildman–Crippen LogP) is 1.38. The molecule has 0 spiro atoms. The van der Waals surface area contributed by atoms with Gasteiger partial charge in [0.2, 0.25) is 11.8 Å². The van der Waals surface area contributed by atoms with Crippen molar-refractivity contribution in [2.24, 2.45) is 10.9 Å². The summed E-state index contributed by atoms with van der Waals surface area (Å²) in [5.74, 6) is 7.81. The van der Waals surface area contributed by atoms with Crippen LogP contribution in [0.4, 0.5) is 5.95 Å². The SMILES string of the molecule is Cc1cc(C(=NN)c2cc(OCC(C)(C)O)nc(N3CCOCC3)n2)oc1C. The van der Waals surface area contributed by atoms with Gasteiger partial charge < -0.3 is 29.7 Å². The highest BCUT2D eigenvalue weighted by molar-refractivity contribution is 6.10. The van der Waals surface area contributed by atoms with Gasteiger partial charge in [-0.15, -0.1) is 0 Å². The zero-order valence-corrected chi connectivity index (χ0v) is 16.7. The molecule has 152 valence electrons. The molecule has 0 bridgehead atoms. The molecule has 0 unspecified atom stereocenters. The lowest BCUT2D eigenvalue weighted by Gasteiger charge is -2.27. The highest BCUT2D eigenvalue weighted by atomic mass is 16.5. The number of nitrogens with two attached hydrogens (primary N) is 1. The number of rotatable bonds is 6. The van der Waals surface area contributed by atoms with Crippen LogP contribution in [0.5, 0.6) is 5.88 Å². The van der Waals surface area contributed by atoms with Crippen LogP contribution < -0.4 is 15.5 Å². The van der Waals surface area contributed by atoms with Crippen LogP contribution in [0.15, 0.2) is 21.7 Å². The van der Waals surface area contributed by atoms with Gasteiger partial charge in [-0.2, -0.15) is 10.1 Å². The van der Waals surface area contributed by atoms with Crippen LogP contribution in [0.25, 0.3) is 0 Å². The first kappa shape index (κ1) is 20.1. The molecule has 3 heterocycles. The molecular weight excluding hydrogens is 362 g/mol. The Morgan fingerprint density at radius 2 is 2.00 bits per heavy atom. The summed E-state index contributed by atoms with van der Waals surface area (Å²) in [5, 5.41) is 13.9. The van der Waals surface area contributed by atoms with Gasteiger partial charge in [0.1, 0.15) is 18.1 Å². The van der Waals surface area contributed by atoms with E-state index in [4.69, 9.17) is 19.7 Å². The van der Waals surface area contributed by atoms with Crippen molar-refractivity contribution in [2.45, 2.75) is 33.3 Å². The largest absolute Gasteiger partial charge is 0.474 e. The van der Waals surface area contributed by atoms with E-state index in [2.05, 4.69) is 15.1 Å². The van der Waals surface area contributed by atoms with E-state index in [1.54, 1.807) is 19.9 Å². The van der Waals surface area contributed by atoms with Crippen LogP contribution in [0.2, 0.25) is 0 Å². The number of anilines is 1. The van der Waals surface area contributed by atoms with Crippen molar-refractivity contribution in [3.05, 3.63) is 34.9 Å². The Hall–Kier alpha value is -2.65. The van der Waals surface area contributed by atoms with Gasteiger partial charge in [0.15, 0.2) is 11.5 Å². The molecule has 1 fully saturated rings. The first-order valence-corrected chi connectivity index (χ1v) is 9.19. The van der Waals surface area contributed by atoms with Crippen LogP contribution >= 0.6 is 0 Å². The quantitative estimate of drug-likeness (QED) is 0.432. The van der Waals surface area contributed by atoms with E-state index in [0.29, 0.717) is 55.3 Å². The van der Waals surface area contributed by atoms with Crippen LogP contribution in [0, 0.1) is 13.8 Å². The average Bonchev–Trinajstić information content (AvgIpc) is 2.99. The van der Waals surface area contributed by atoms with Gasteiger partial charge in [0.05, 0.1) is 18.8 Å². The van der Waals surface area contributed by atoms with Gasteiger partial charge in [-0.25, -0.2) is 4.98 Å². The van der Waals surface area contributed by atoms with Crippen molar-refractivity contribution < 1.29 is 19.0 Å². The molecule has 28 heavy (non-hydrogen) atoms. The Bertz CT molecular complexity index is 831. The Morgan fingerprint density at radius 3 is 2.57 bits per heavy atom. The molecule has 9 heteroatoms. The first-order chi connectivity index (χ1) is 13.3. The molecule has 2 aromatic heterocycles. The monoisotopic (exact) mass is 389 g/mol. The van der Waals surface area contributed by atoms with E-state index < -0.39 is 5.60 Å². The summed E-state index contributed by atoms with van der Waals surface area (Å²) < 4.78 is 16.9. The fourth-order valence-corrected chi connectivity index (χ4v) is 2.71. The number of nitrogens with zero attached hydrogens (tertiary/aromatic N) is 4. The van der Waals surface area contributed by atoms with Crippen molar-refractivity contribution in [2.75, 3.05) is 37.8 Å². The maximum Gasteiger partial charge on any atom is 0.229 e. The fraction of sp³-hybridized carbons (Fsp3) is 0.526. The van der Waals surface area contributed by atoms with E-state index in [0.717, 1.165) is 11.3 Å². The normalized spacial score (nSPS) is 15.8. The molecule has 1 aliphatic heterocycles. The minimum atomic E-state index is -0.996. The number of aliphatic hydroxyl groups is 1. The van der Waals surface area contributed by atoms with E-state index in [-0.39, 0.29) is 6.61 Å². The lowest BCUT2D eigenvalue weighted by atomic mass is 10.1. The molecule has 9 nitrogen and oxygen atoms in total. The Balaban J connectivity index is 1.99. The summed E-state index contributed by atoms with van der Waals surface area (Å²) in [5.41, 5.74) is 0.890. The highest BCUT2D eigenvalue weighted by Gasteiger charge is 2.22. The Labute approximate surface area is 164 Å². The molecule has 2 aromatic rings. The van der Waals surface area contributed by atoms with Gasteiger partial charge in [0, 0.05) is 19.2 Å². The van der Waals surface area contributed by atoms with Crippen molar-refractivity contribution in [3.8, 4) is 5.88 Å². The number of hydrogen-bond acceptors (Lipinski definition) is 9. The maximum atomic E-state index is 9.98. The van der Waals surface area contributed by atoms with Crippen LogP contribution in [-0.2, 0) is 4.74 Å². The number of hydrogen-bond donors (Lipinski definition) is 2. The third kappa shape index (κ3) is 4.79. The van der Waals surface area contributed by atoms with Crippen LogP contribution in [-0.4, -0.2) is 59.3 Å². The molecule has 0 atom stereocenters. The van der Waals surface area contributed by atoms with Crippen molar-refractivity contribution in [1.82, 2.24) is 9.97 Å². The number of furan rings is 1.